The third-order valence-electron chi connectivity index (χ3n) is 6.16. The first kappa shape index (κ1) is 20.9. The first-order chi connectivity index (χ1) is 16.6. The molecule has 4 aromatic rings. The van der Waals surface area contributed by atoms with E-state index >= 15 is 0 Å². The van der Waals surface area contributed by atoms with Gasteiger partial charge < -0.3 is 14.5 Å². The van der Waals surface area contributed by atoms with Gasteiger partial charge in [-0.2, -0.15) is 0 Å². The Balaban J connectivity index is 1.17. The summed E-state index contributed by atoms with van der Waals surface area (Å²) in [6.07, 6.45) is 2.62. The van der Waals surface area contributed by atoms with Gasteiger partial charge in [-0.25, -0.2) is 4.98 Å². The Hall–Kier alpha value is -3.68. The highest BCUT2D eigenvalue weighted by Gasteiger charge is 2.22. The van der Waals surface area contributed by atoms with Crippen molar-refractivity contribution in [1.82, 2.24) is 19.9 Å². The molecule has 1 N–H and O–H groups in total. The fraction of sp³-hybridized carbons (Fsp3) is 0.192. The summed E-state index contributed by atoms with van der Waals surface area (Å²) in [5.41, 5.74) is 5.31. The topological polar surface area (TPSA) is 80.3 Å². The summed E-state index contributed by atoms with van der Waals surface area (Å²) in [5, 5.41) is 0.651. The van der Waals surface area contributed by atoms with E-state index in [1.54, 1.807) is 12.1 Å². The molecular weight excluding hydrogens is 452 g/mol. The van der Waals surface area contributed by atoms with E-state index in [2.05, 4.69) is 20.9 Å². The molecule has 0 amide bonds. The van der Waals surface area contributed by atoms with Crippen LogP contribution in [0.3, 0.4) is 0 Å². The van der Waals surface area contributed by atoms with Crippen molar-refractivity contribution in [1.29, 1.82) is 0 Å². The number of aromatic amines is 1. The van der Waals surface area contributed by atoms with Crippen LogP contribution in [0, 0.1) is 0 Å². The summed E-state index contributed by atoms with van der Waals surface area (Å²) < 4.78 is 10.8. The van der Waals surface area contributed by atoms with E-state index < -0.39 is 0 Å². The zero-order valence-corrected chi connectivity index (χ0v) is 19.0. The van der Waals surface area contributed by atoms with E-state index in [0.29, 0.717) is 23.9 Å². The Morgan fingerprint density at radius 2 is 1.82 bits per heavy atom. The normalized spacial score (nSPS) is 14.7. The van der Waals surface area contributed by atoms with Crippen LogP contribution in [-0.4, -0.2) is 33.2 Å². The molecule has 2 aliphatic rings. The molecule has 0 spiro atoms. The van der Waals surface area contributed by atoms with Gasteiger partial charge in [0, 0.05) is 48.4 Å². The number of hydrogen-bond donors (Lipinski definition) is 1. The average molecular weight is 473 g/mol. The predicted molar refractivity (Wildman–Crippen MR) is 129 cm³/mol. The average Bonchev–Trinajstić information content (AvgIpc) is 3.33. The van der Waals surface area contributed by atoms with Gasteiger partial charge in [0.05, 0.1) is 17.0 Å². The summed E-state index contributed by atoms with van der Waals surface area (Å²) in [7, 11) is 0. The number of rotatable bonds is 4. The van der Waals surface area contributed by atoms with Crippen molar-refractivity contribution >= 4 is 11.6 Å². The van der Waals surface area contributed by atoms with Crippen LogP contribution in [0.25, 0.3) is 22.6 Å². The third-order valence-corrected chi connectivity index (χ3v) is 6.42. The molecule has 4 heterocycles. The van der Waals surface area contributed by atoms with Gasteiger partial charge in [-0.3, -0.25) is 14.7 Å². The lowest BCUT2D eigenvalue weighted by Crippen LogP contribution is -2.35. The SMILES string of the molecule is O=c1[nH]c(-c2ccc(Cl)cc2)nc2c1CN(Cc1ccc(-c3ccc4c(c3)OCO4)nc1)CC2. The molecule has 2 aromatic heterocycles. The van der Waals surface area contributed by atoms with Crippen LogP contribution < -0.4 is 15.0 Å². The van der Waals surface area contributed by atoms with Crippen molar-refractivity contribution in [2.75, 3.05) is 13.3 Å². The predicted octanol–water partition coefficient (Wildman–Crippen LogP) is 4.44. The summed E-state index contributed by atoms with van der Waals surface area (Å²) in [6.45, 7) is 2.35. The van der Waals surface area contributed by atoms with Gasteiger partial charge in [0.2, 0.25) is 6.79 Å². The second-order valence-corrected chi connectivity index (χ2v) is 8.86. The molecule has 0 aliphatic carbocycles. The monoisotopic (exact) mass is 472 g/mol. The summed E-state index contributed by atoms with van der Waals surface area (Å²) >= 11 is 5.98. The zero-order chi connectivity index (χ0) is 23.1. The molecule has 34 heavy (non-hydrogen) atoms. The number of benzene rings is 2. The van der Waals surface area contributed by atoms with Gasteiger partial charge in [0.1, 0.15) is 5.82 Å². The Morgan fingerprint density at radius 1 is 1.00 bits per heavy atom. The number of nitrogens with one attached hydrogen (secondary N) is 1. The smallest absolute Gasteiger partial charge is 0.255 e. The molecule has 0 bridgehead atoms. The van der Waals surface area contributed by atoms with Crippen LogP contribution in [0.4, 0.5) is 0 Å². The maximum Gasteiger partial charge on any atom is 0.255 e. The largest absolute Gasteiger partial charge is 0.454 e. The molecule has 0 saturated heterocycles. The molecule has 6 rings (SSSR count). The van der Waals surface area contributed by atoms with Crippen molar-refractivity contribution in [2.45, 2.75) is 19.5 Å². The number of H-pyrrole nitrogens is 1. The first-order valence-electron chi connectivity index (χ1n) is 11.1. The minimum atomic E-state index is -0.0871. The van der Waals surface area contributed by atoms with Gasteiger partial charge >= 0.3 is 0 Å². The van der Waals surface area contributed by atoms with Crippen LogP contribution in [0.2, 0.25) is 5.02 Å². The maximum absolute atomic E-state index is 12.8. The number of nitrogens with zero attached hydrogens (tertiary/aromatic N) is 3. The van der Waals surface area contributed by atoms with Crippen molar-refractivity contribution in [3.63, 3.8) is 0 Å². The summed E-state index contributed by atoms with van der Waals surface area (Å²) in [4.78, 5) is 27.4. The third kappa shape index (κ3) is 4.04. The zero-order valence-electron chi connectivity index (χ0n) is 18.3. The Labute approximate surface area is 201 Å². The highest BCUT2D eigenvalue weighted by Crippen LogP contribution is 2.35. The number of aromatic nitrogens is 3. The number of ether oxygens (including phenoxy) is 2. The molecular formula is C26H21ClN4O3. The lowest BCUT2D eigenvalue weighted by Gasteiger charge is -2.27. The summed E-state index contributed by atoms with van der Waals surface area (Å²) in [6, 6.07) is 17.2. The number of halogens is 1. The standard InChI is InChI=1S/C26H21ClN4O3/c27-19-5-2-17(3-6-19)25-29-22-9-10-31(14-20(22)26(32)30-25)13-16-1-7-21(28-12-16)18-4-8-23-24(11-18)34-15-33-23/h1-8,11-12H,9-10,13-15H2,(H,29,30,32). The number of fused-ring (bicyclic) bond motifs is 2. The minimum absolute atomic E-state index is 0.0871. The molecule has 0 radical (unpaired) electrons. The van der Waals surface area contributed by atoms with Crippen LogP contribution >= 0.6 is 11.6 Å². The van der Waals surface area contributed by atoms with E-state index in [1.165, 1.54) is 0 Å². The molecule has 0 atom stereocenters. The van der Waals surface area contributed by atoms with E-state index in [1.807, 2.05) is 42.6 Å². The Kier molecular flexibility index (Phi) is 5.28. The molecule has 0 fully saturated rings. The van der Waals surface area contributed by atoms with Crippen molar-refractivity contribution < 1.29 is 9.47 Å². The highest BCUT2D eigenvalue weighted by molar-refractivity contribution is 6.30. The van der Waals surface area contributed by atoms with Crippen LogP contribution in [0.15, 0.2) is 65.6 Å². The second kappa shape index (κ2) is 8.59. The molecule has 170 valence electrons. The number of pyridine rings is 1. The van der Waals surface area contributed by atoms with Crippen molar-refractivity contribution in [3.05, 3.63) is 93.0 Å². The fourth-order valence-electron chi connectivity index (χ4n) is 4.36. The van der Waals surface area contributed by atoms with Crippen LogP contribution in [0.1, 0.15) is 16.8 Å². The minimum Gasteiger partial charge on any atom is -0.454 e. The maximum atomic E-state index is 12.8. The van der Waals surface area contributed by atoms with Gasteiger partial charge in [-0.05, 0) is 54.1 Å². The van der Waals surface area contributed by atoms with Crippen molar-refractivity contribution in [2.24, 2.45) is 0 Å². The molecule has 0 saturated carbocycles. The van der Waals surface area contributed by atoms with E-state index in [9.17, 15) is 4.79 Å². The first-order valence-corrected chi connectivity index (χ1v) is 11.5. The lowest BCUT2D eigenvalue weighted by molar-refractivity contribution is 0.174. The van der Waals surface area contributed by atoms with Gasteiger partial charge in [0.15, 0.2) is 11.5 Å². The molecule has 8 heteroatoms. The quantitative estimate of drug-likeness (QED) is 0.473. The summed E-state index contributed by atoms with van der Waals surface area (Å²) in [5.74, 6) is 2.08. The van der Waals surface area contributed by atoms with Gasteiger partial charge in [-0.1, -0.05) is 17.7 Å². The van der Waals surface area contributed by atoms with Crippen LogP contribution in [0.5, 0.6) is 11.5 Å². The van der Waals surface area contributed by atoms with Gasteiger partial charge in [-0.15, -0.1) is 0 Å². The van der Waals surface area contributed by atoms with Gasteiger partial charge in [0.25, 0.3) is 5.56 Å². The van der Waals surface area contributed by atoms with Crippen molar-refractivity contribution in [3.8, 4) is 34.1 Å². The molecule has 7 nitrogen and oxygen atoms in total. The molecule has 2 aliphatic heterocycles. The molecule has 0 unspecified atom stereocenters. The molecule has 2 aromatic carbocycles. The number of hydrogen-bond acceptors (Lipinski definition) is 6. The second-order valence-electron chi connectivity index (χ2n) is 8.43. The Morgan fingerprint density at radius 3 is 2.65 bits per heavy atom. The highest BCUT2D eigenvalue weighted by atomic mass is 35.5. The van der Waals surface area contributed by atoms with Crippen LogP contribution in [-0.2, 0) is 19.5 Å². The Bertz CT molecular complexity index is 1420. The fourth-order valence-corrected chi connectivity index (χ4v) is 4.49. The van der Waals surface area contributed by atoms with E-state index in [4.69, 9.17) is 26.1 Å². The van der Waals surface area contributed by atoms with E-state index in [-0.39, 0.29) is 12.4 Å². The van der Waals surface area contributed by atoms with E-state index in [0.717, 1.165) is 58.1 Å². The lowest BCUT2D eigenvalue weighted by atomic mass is 10.1.